The molecule has 11 heteroatoms. The van der Waals surface area contributed by atoms with Crippen molar-refractivity contribution < 1.29 is 41.3 Å². The van der Waals surface area contributed by atoms with Gasteiger partial charge in [-0.3, -0.25) is 9.00 Å². The van der Waals surface area contributed by atoms with Gasteiger partial charge in [0.2, 0.25) is 0 Å². The van der Waals surface area contributed by atoms with Crippen molar-refractivity contribution in [3.63, 3.8) is 0 Å². The third-order valence-electron chi connectivity index (χ3n) is 4.37. The molecule has 1 N–H and O–H groups in total. The Bertz CT molecular complexity index is 1080. The highest BCUT2D eigenvalue weighted by Crippen LogP contribution is 2.56. The molecule has 0 spiro atoms. The second-order valence-electron chi connectivity index (χ2n) is 6.45. The molecule has 158 valence electrons. The summed E-state index contributed by atoms with van der Waals surface area (Å²) in [5.74, 6) is -7.08. The first-order valence-corrected chi connectivity index (χ1v) is 9.62. The second-order valence-corrected chi connectivity index (χ2v) is 7.35. The number of halogens is 3. The fraction of sp³-hybridized carbons (Fsp3) is 0.263. The van der Waals surface area contributed by atoms with Crippen LogP contribution in [0, 0.1) is 17.1 Å². The lowest BCUT2D eigenvalue weighted by Crippen LogP contribution is -2.30. The molecule has 0 aromatic heterocycles. The quantitative estimate of drug-likeness (QED) is 0.560. The number of alkyl halides is 2. The van der Waals surface area contributed by atoms with E-state index in [9.17, 15) is 31.8 Å². The standard InChI is InChI=1S/C19H14F3NO6S/c1-9(24)28-18-15-11(8-30(26)27)2-3-14(16(15)17(25)19(18,21)22)29-13-5-10(7-23)4-12(20)6-13/h2-6,17-18,25H,8H2,1H3,(H,26,27)/p-1/t17-,18+/m1/s1. The molecule has 1 unspecified atom stereocenters. The molecule has 7 nitrogen and oxygen atoms in total. The number of rotatable bonds is 5. The average molecular weight is 440 g/mol. The lowest BCUT2D eigenvalue weighted by atomic mass is 10.0. The van der Waals surface area contributed by atoms with E-state index in [1.165, 1.54) is 6.07 Å². The molecule has 0 fully saturated rings. The maximum Gasteiger partial charge on any atom is 0.317 e. The molecule has 2 aromatic carbocycles. The SMILES string of the molecule is CC(=O)O[C@H]1c2c(CS(=O)[O-])ccc(Oc3cc(F)cc(C#N)c3)c2[C@@H](O)C1(F)F. The fourth-order valence-corrected chi connectivity index (χ4v) is 3.75. The van der Waals surface area contributed by atoms with Crippen LogP contribution >= 0.6 is 0 Å². The molecule has 30 heavy (non-hydrogen) atoms. The molecule has 0 saturated heterocycles. The van der Waals surface area contributed by atoms with Gasteiger partial charge in [-0.2, -0.15) is 14.0 Å². The maximum atomic E-state index is 14.7. The lowest BCUT2D eigenvalue weighted by molar-refractivity contribution is -0.193. The number of ether oxygens (including phenoxy) is 2. The lowest BCUT2D eigenvalue weighted by Gasteiger charge is -2.22. The third-order valence-corrected chi connectivity index (χ3v) is 4.92. The van der Waals surface area contributed by atoms with Crippen molar-refractivity contribution in [1.82, 2.24) is 0 Å². The minimum atomic E-state index is -3.98. The number of hydrogen-bond donors (Lipinski definition) is 1. The highest BCUT2D eigenvalue weighted by atomic mass is 32.2. The predicted molar refractivity (Wildman–Crippen MR) is 94.7 cm³/mol. The summed E-state index contributed by atoms with van der Waals surface area (Å²) < 4.78 is 75.6. The summed E-state index contributed by atoms with van der Waals surface area (Å²) in [6.07, 6.45) is -4.74. The van der Waals surface area contributed by atoms with Gasteiger partial charge in [0.1, 0.15) is 17.3 Å². The molecule has 3 rings (SSSR count). The summed E-state index contributed by atoms with van der Waals surface area (Å²) in [7, 11) is 0. The van der Waals surface area contributed by atoms with Crippen LogP contribution in [0.15, 0.2) is 30.3 Å². The van der Waals surface area contributed by atoms with Crippen LogP contribution in [-0.2, 0) is 26.4 Å². The van der Waals surface area contributed by atoms with Crippen LogP contribution in [0.4, 0.5) is 13.2 Å². The summed E-state index contributed by atoms with van der Waals surface area (Å²) in [6, 6.07) is 7.00. The number of esters is 1. The average Bonchev–Trinajstić information content (AvgIpc) is 2.84. The van der Waals surface area contributed by atoms with E-state index < -0.39 is 57.9 Å². The van der Waals surface area contributed by atoms with E-state index in [0.29, 0.717) is 0 Å². The second kappa shape index (κ2) is 8.06. The number of nitriles is 1. The van der Waals surface area contributed by atoms with E-state index in [1.807, 2.05) is 0 Å². The Hall–Kier alpha value is -2.94. The molecule has 0 saturated carbocycles. The Labute approximate surface area is 170 Å². The number of aliphatic hydroxyl groups excluding tert-OH is 1. The zero-order valence-electron chi connectivity index (χ0n) is 15.2. The number of benzene rings is 2. The number of carbonyl (C=O) groups excluding carboxylic acids is 1. The number of nitrogens with zero attached hydrogens (tertiary/aromatic N) is 1. The Balaban J connectivity index is 2.18. The molecular weight excluding hydrogens is 427 g/mol. The van der Waals surface area contributed by atoms with Crippen molar-refractivity contribution in [2.75, 3.05) is 0 Å². The van der Waals surface area contributed by atoms with Gasteiger partial charge >= 0.3 is 11.9 Å². The maximum absolute atomic E-state index is 14.7. The Morgan fingerprint density at radius 3 is 2.63 bits per heavy atom. The zero-order chi connectivity index (χ0) is 22.2. The van der Waals surface area contributed by atoms with Crippen molar-refractivity contribution in [1.29, 1.82) is 5.26 Å². The van der Waals surface area contributed by atoms with E-state index in [0.717, 1.165) is 31.2 Å². The van der Waals surface area contributed by atoms with E-state index in [4.69, 9.17) is 14.7 Å². The van der Waals surface area contributed by atoms with Crippen molar-refractivity contribution in [3.05, 3.63) is 58.4 Å². The summed E-state index contributed by atoms with van der Waals surface area (Å²) in [4.78, 5) is 11.4. The van der Waals surface area contributed by atoms with Crippen LogP contribution in [0.1, 0.15) is 41.4 Å². The summed E-state index contributed by atoms with van der Waals surface area (Å²) >= 11 is -2.67. The number of carbonyl (C=O) groups is 1. The Kier molecular flexibility index (Phi) is 5.85. The summed E-state index contributed by atoms with van der Waals surface area (Å²) in [6.45, 7) is 0.891. The van der Waals surface area contributed by atoms with E-state index in [2.05, 4.69) is 0 Å². The molecule has 2 aromatic rings. The fourth-order valence-electron chi connectivity index (χ4n) is 3.24. The smallest absolute Gasteiger partial charge is 0.317 e. The molecule has 0 radical (unpaired) electrons. The zero-order valence-corrected chi connectivity index (χ0v) is 16.0. The Morgan fingerprint density at radius 2 is 2.03 bits per heavy atom. The van der Waals surface area contributed by atoms with Gasteiger partial charge in [0.25, 0.3) is 0 Å². The van der Waals surface area contributed by atoms with Crippen molar-refractivity contribution in [2.45, 2.75) is 30.8 Å². The molecule has 0 aliphatic heterocycles. The van der Waals surface area contributed by atoms with Gasteiger partial charge in [-0.25, -0.2) is 4.39 Å². The van der Waals surface area contributed by atoms with Crippen molar-refractivity contribution >= 4 is 17.0 Å². The molecule has 0 heterocycles. The van der Waals surface area contributed by atoms with Gasteiger partial charge in [-0.05, 0) is 23.8 Å². The van der Waals surface area contributed by atoms with Crippen molar-refractivity contribution in [3.8, 4) is 17.6 Å². The van der Waals surface area contributed by atoms with Gasteiger partial charge in [0, 0.05) is 29.9 Å². The van der Waals surface area contributed by atoms with Gasteiger partial charge in [-0.15, -0.1) is 0 Å². The van der Waals surface area contributed by atoms with E-state index >= 15 is 0 Å². The van der Waals surface area contributed by atoms with E-state index in [1.54, 1.807) is 6.07 Å². The number of fused-ring (bicyclic) bond motifs is 1. The normalized spacial score (nSPS) is 20.2. The largest absolute Gasteiger partial charge is 0.772 e. The summed E-state index contributed by atoms with van der Waals surface area (Å²) in [5, 5.41) is 19.2. The first-order chi connectivity index (χ1) is 14.0. The van der Waals surface area contributed by atoms with Gasteiger partial charge in [0.15, 0.2) is 12.2 Å². The highest BCUT2D eigenvalue weighted by molar-refractivity contribution is 7.78. The highest BCUT2D eigenvalue weighted by Gasteiger charge is 2.59. The third kappa shape index (κ3) is 4.02. The Morgan fingerprint density at radius 1 is 1.33 bits per heavy atom. The van der Waals surface area contributed by atoms with Crippen LogP contribution in [-0.4, -0.2) is 25.8 Å². The van der Waals surface area contributed by atoms with Crippen LogP contribution < -0.4 is 4.74 Å². The molecule has 0 bridgehead atoms. The molecule has 1 aliphatic rings. The minimum absolute atomic E-state index is 0.0938. The molecule has 0 amide bonds. The van der Waals surface area contributed by atoms with Crippen LogP contribution in [0.25, 0.3) is 0 Å². The van der Waals surface area contributed by atoms with E-state index in [-0.39, 0.29) is 22.6 Å². The number of hydrogen-bond acceptors (Lipinski definition) is 7. The van der Waals surface area contributed by atoms with Gasteiger partial charge in [0.05, 0.1) is 11.6 Å². The van der Waals surface area contributed by atoms with Crippen molar-refractivity contribution in [2.24, 2.45) is 0 Å². The number of aliphatic hydroxyl groups is 1. The summed E-state index contributed by atoms with van der Waals surface area (Å²) in [5.41, 5.74) is -1.10. The van der Waals surface area contributed by atoms with Crippen LogP contribution in [0.3, 0.4) is 0 Å². The minimum Gasteiger partial charge on any atom is -0.772 e. The molecule has 1 aliphatic carbocycles. The van der Waals surface area contributed by atoms with Gasteiger partial charge < -0.3 is 19.1 Å². The first kappa shape index (κ1) is 21.8. The van der Waals surface area contributed by atoms with Gasteiger partial charge in [-0.1, -0.05) is 17.1 Å². The topological polar surface area (TPSA) is 120 Å². The van der Waals surface area contributed by atoms with Crippen LogP contribution in [0.2, 0.25) is 0 Å². The first-order valence-electron chi connectivity index (χ1n) is 8.37. The van der Waals surface area contributed by atoms with Crippen LogP contribution in [0.5, 0.6) is 11.5 Å². The monoisotopic (exact) mass is 440 g/mol. The molecule has 3 atom stereocenters. The molecular formula is C19H13F3NO6S-. The predicted octanol–water partition coefficient (Wildman–Crippen LogP) is 3.16.